The highest BCUT2D eigenvalue weighted by Crippen LogP contribution is 2.36. The third-order valence-electron chi connectivity index (χ3n) is 4.26. The van der Waals surface area contributed by atoms with E-state index in [2.05, 4.69) is 5.32 Å². The molecule has 0 saturated heterocycles. The Labute approximate surface area is 125 Å². The topological polar surface area (TPSA) is 118 Å². The molecule has 1 fully saturated rings. The van der Waals surface area contributed by atoms with Gasteiger partial charge < -0.3 is 16.2 Å². The number of aliphatic hydroxyl groups is 1. The molecule has 1 aliphatic rings. The van der Waals surface area contributed by atoms with Crippen LogP contribution in [0.15, 0.2) is 23.1 Å². The second-order valence-electron chi connectivity index (χ2n) is 5.87. The lowest BCUT2D eigenvalue weighted by Gasteiger charge is -2.36. The van der Waals surface area contributed by atoms with E-state index >= 15 is 0 Å². The van der Waals surface area contributed by atoms with E-state index in [0.717, 1.165) is 25.7 Å². The molecule has 118 valence electrons. The summed E-state index contributed by atoms with van der Waals surface area (Å²) in [4.78, 5) is 0.0000813. The van der Waals surface area contributed by atoms with E-state index in [1.165, 1.54) is 18.6 Å². The fourth-order valence-corrected chi connectivity index (χ4v) is 3.40. The molecule has 2 rings (SSSR count). The molecule has 1 saturated carbocycles. The number of rotatable bonds is 5. The van der Waals surface area contributed by atoms with Crippen molar-refractivity contribution in [1.29, 1.82) is 0 Å². The molecule has 0 unspecified atom stereocenters. The molecule has 0 atom stereocenters. The summed E-state index contributed by atoms with van der Waals surface area (Å²) in [5.74, 6) is 0. The molecule has 6 nitrogen and oxygen atoms in total. The first kappa shape index (κ1) is 16.1. The quantitative estimate of drug-likeness (QED) is 0.610. The second kappa shape index (κ2) is 6.21. The average molecular weight is 313 g/mol. The van der Waals surface area contributed by atoms with Crippen molar-refractivity contribution >= 4 is 21.4 Å². The maximum atomic E-state index is 11.3. The van der Waals surface area contributed by atoms with Crippen LogP contribution in [0.25, 0.3) is 0 Å². The van der Waals surface area contributed by atoms with Crippen LogP contribution in [0.4, 0.5) is 11.4 Å². The van der Waals surface area contributed by atoms with Gasteiger partial charge in [0.2, 0.25) is 10.0 Å². The summed E-state index contributed by atoms with van der Waals surface area (Å²) in [6.07, 6.45) is 5.45. The fraction of sp³-hybridized carbons (Fsp3) is 0.571. The first-order valence-electron chi connectivity index (χ1n) is 7.13. The lowest BCUT2D eigenvalue weighted by molar-refractivity contribution is 0.0944. The zero-order valence-electron chi connectivity index (χ0n) is 12.0. The van der Waals surface area contributed by atoms with Crippen molar-refractivity contribution in [3.63, 3.8) is 0 Å². The number of nitrogen functional groups attached to an aromatic ring is 1. The predicted molar refractivity (Wildman–Crippen MR) is 83.3 cm³/mol. The van der Waals surface area contributed by atoms with Gasteiger partial charge in [-0.25, -0.2) is 13.6 Å². The van der Waals surface area contributed by atoms with Crippen LogP contribution in [-0.2, 0) is 10.0 Å². The smallest absolute Gasteiger partial charge is 0.238 e. The van der Waals surface area contributed by atoms with Crippen LogP contribution in [0.2, 0.25) is 0 Å². The van der Waals surface area contributed by atoms with Crippen molar-refractivity contribution in [3.05, 3.63) is 18.2 Å². The molecule has 6 N–H and O–H groups in total. The zero-order chi connectivity index (χ0) is 15.5. The Morgan fingerprint density at radius 1 is 1.24 bits per heavy atom. The van der Waals surface area contributed by atoms with E-state index in [1.54, 1.807) is 6.07 Å². The number of primary sulfonamides is 1. The van der Waals surface area contributed by atoms with E-state index in [1.807, 2.05) is 0 Å². The SMILES string of the molecule is Nc1cc(S(N)(=O)=O)ccc1NCC1(CO)CCCCC1. The summed E-state index contributed by atoms with van der Waals surface area (Å²) in [6, 6.07) is 4.40. The van der Waals surface area contributed by atoms with Crippen LogP contribution >= 0.6 is 0 Å². The molecule has 0 aromatic heterocycles. The summed E-state index contributed by atoms with van der Waals surface area (Å²) in [7, 11) is -3.74. The second-order valence-corrected chi connectivity index (χ2v) is 7.43. The molecule has 21 heavy (non-hydrogen) atoms. The number of sulfonamides is 1. The first-order chi connectivity index (χ1) is 9.86. The van der Waals surface area contributed by atoms with Crippen LogP contribution in [0.1, 0.15) is 32.1 Å². The fourth-order valence-electron chi connectivity index (χ4n) is 2.85. The van der Waals surface area contributed by atoms with Crippen molar-refractivity contribution in [2.75, 3.05) is 24.2 Å². The average Bonchev–Trinajstić information content (AvgIpc) is 2.46. The Morgan fingerprint density at radius 2 is 1.90 bits per heavy atom. The zero-order valence-corrected chi connectivity index (χ0v) is 12.8. The number of anilines is 2. The summed E-state index contributed by atoms with van der Waals surface area (Å²) >= 11 is 0. The normalized spacial score (nSPS) is 18.4. The monoisotopic (exact) mass is 313 g/mol. The number of hydrogen-bond acceptors (Lipinski definition) is 5. The minimum absolute atomic E-state index is 0.0000813. The molecule has 0 heterocycles. The van der Waals surface area contributed by atoms with Gasteiger partial charge in [-0.3, -0.25) is 0 Å². The molecule has 7 heteroatoms. The largest absolute Gasteiger partial charge is 0.397 e. The van der Waals surface area contributed by atoms with Crippen LogP contribution in [0.5, 0.6) is 0 Å². The minimum atomic E-state index is -3.74. The van der Waals surface area contributed by atoms with Gasteiger partial charge in [0.15, 0.2) is 0 Å². The van der Waals surface area contributed by atoms with Crippen molar-refractivity contribution < 1.29 is 13.5 Å². The van der Waals surface area contributed by atoms with Crippen LogP contribution in [0, 0.1) is 5.41 Å². The number of nitrogens with one attached hydrogen (secondary N) is 1. The van der Waals surface area contributed by atoms with Gasteiger partial charge in [0.1, 0.15) is 0 Å². The van der Waals surface area contributed by atoms with Crippen molar-refractivity contribution in [2.24, 2.45) is 10.6 Å². The summed E-state index contributed by atoms with van der Waals surface area (Å²) < 4.78 is 22.5. The summed E-state index contributed by atoms with van der Waals surface area (Å²) in [5, 5.41) is 18.0. The summed E-state index contributed by atoms with van der Waals surface area (Å²) in [5.41, 5.74) is 6.77. The molecule has 0 amide bonds. The number of hydrogen-bond donors (Lipinski definition) is 4. The molecule has 1 aromatic rings. The van der Waals surface area contributed by atoms with Crippen LogP contribution < -0.4 is 16.2 Å². The predicted octanol–water partition coefficient (Wildman–Crippen LogP) is 1.27. The molecule has 1 aliphatic carbocycles. The van der Waals surface area contributed by atoms with E-state index < -0.39 is 10.0 Å². The Morgan fingerprint density at radius 3 is 2.43 bits per heavy atom. The first-order valence-corrected chi connectivity index (χ1v) is 8.68. The number of benzene rings is 1. The van der Waals surface area contributed by atoms with Gasteiger partial charge >= 0.3 is 0 Å². The molecular formula is C14H23N3O3S. The lowest BCUT2D eigenvalue weighted by atomic mass is 9.74. The maximum absolute atomic E-state index is 11.3. The van der Waals surface area contributed by atoms with E-state index in [0.29, 0.717) is 17.9 Å². The van der Waals surface area contributed by atoms with Crippen molar-refractivity contribution in [3.8, 4) is 0 Å². The highest BCUT2D eigenvalue weighted by Gasteiger charge is 2.31. The van der Waals surface area contributed by atoms with Gasteiger partial charge in [0.25, 0.3) is 0 Å². The van der Waals surface area contributed by atoms with Gasteiger partial charge in [-0.15, -0.1) is 0 Å². The van der Waals surface area contributed by atoms with Crippen LogP contribution in [-0.4, -0.2) is 26.7 Å². The molecular weight excluding hydrogens is 290 g/mol. The van der Waals surface area contributed by atoms with E-state index in [9.17, 15) is 13.5 Å². The van der Waals surface area contributed by atoms with Gasteiger partial charge in [-0.1, -0.05) is 19.3 Å². The van der Waals surface area contributed by atoms with Crippen LogP contribution in [0.3, 0.4) is 0 Å². The molecule has 1 aromatic carbocycles. The van der Waals surface area contributed by atoms with Crippen molar-refractivity contribution in [1.82, 2.24) is 0 Å². The Balaban J connectivity index is 2.09. The van der Waals surface area contributed by atoms with Gasteiger partial charge in [-0.05, 0) is 31.0 Å². The number of aliphatic hydroxyl groups excluding tert-OH is 1. The lowest BCUT2D eigenvalue weighted by Crippen LogP contribution is -2.35. The molecule has 0 aliphatic heterocycles. The highest BCUT2D eigenvalue weighted by molar-refractivity contribution is 7.89. The Kier molecular flexibility index (Phi) is 4.75. The molecule has 0 bridgehead atoms. The Bertz CT molecular complexity index is 595. The van der Waals surface area contributed by atoms with Gasteiger partial charge in [0.05, 0.1) is 22.9 Å². The van der Waals surface area contributed by atoms with Crippen molar-refractivity contribution in [2.45, 2.75) is 37.0 Å². The maximum Gasteiger partial charge on any atom is 0.238 e. The third-order valence-corrected chi connectivity index (χ3v) is 5.17. The minimum Gasteiger partial charge on any atom is -0.397 e. The standard InChI is InChI=1S/C14H23N3O3S/c15-12-8-11(21(16,19)20)4-5-13(12)17-9-14(10-18)6-2-1-3-7-14/h4-5,8,17-18H,1-3,6-7,9-10,15H2,(H2,16,19,20). The summed E-state index contributed by atoms with van der Waals surface area (Å²) in [6.45, 7) is 0.775. The van der Waals surface area contributed by atoms with E-state index in [-0.39, 0.29) is 16.9 Å². The third kappa shape index (κ3) is 3.87. The van der Waals surface area contributed by atoms with Gasteiger partial charge in [-0.2, -0.15) is 0 Å². The highest BCUT2D eigenvalue weighted by atomic mass is 32.2. The molecule has 0 radical (unpaired) electrons. The molecule has 0 spiro atoms. The number of nitrogens with two attached hydrogens (primary N) is 2. The van der Waals surface area contributed by atoms with Gasteiger partial charge in [0, 0.05) is 12.0 Å². The Hall–Kier alpha value is -1.31. The van der Waals surface area contributed by atoms with E-state index in [4.69, 9.17) is 10.9 Å².